The lowest BCUT2D eigenvalue weighted by Gasteiger charge is -2.23. The second-order valence-electron chi connectivity index (χ2n) is 5.39. The summed E-state index contributed by atoms with van der Waals surface area (Å²) in [6, 6.07) is 1.82. The minimum atomic E-state index is -0.843. The minimum absolute atomic E-state index is 0.261. The smallest absolute Gasteiger partial charge is 0.342 e. The molecule has 0 saturated heterocycles. The van der Waals surface area contributed by atoms with Gasteiger partial charge >= 0.3 is 5.97 Å². The Morgan fingerprint density at radius 3 is 2.59 bits per heavy atom. The first kappa shape index (κ1) is 14.3. The molecule has 0 bridgehead atoms. The maximum atomic E-state index is 12.3. The summed E-state index contributed by atoms with van der Waals surface area (Å²) in [5.74, 6) is -1.84. The zero-order valence-electron chi connectivity index (χ0n) is 12.5. The molecule has 1 aliphatic heterocycles. The number of carbonyl (C=O) groups excluding carboxylic acids is 3. The highest BCUT2D eigenvalue weighted by Gasteiger charge is 2.35. The summed E-state index contributed by atoms with van der Waals surface area (Å²) in [5.41, 5.74) is 3.09. The van der Waals surface area contributed by atoms with Crippen LogP contribution in [0.2, 0.25) is 0 Å². The molecule has 0 spiro atoms. The van der Waals surface area contributed by atoms with E-state index in [1.54, 1.807) is 6.92 Å². The van der Waals surface area contributed by atoms with Gasteiger partial charge in [0.25, 0.3) is 0 Å². The number of fused-ring (bicyclic) bond motifs is 3. The van der Waals surface area contributed by atoms with Crippen molar-refractivity contribution in [2.24, 2.45) is 0 Å². The Balaban J connectivity index is 2.31. The number of Topliss-reactive ketones (excluding diaryl/α,β-unsaturated/α-hetero) is 2. The molecule has 2 aliphatic rings. The molecule has 0 atom stereocenters. The van der Waals surface area contributed by atoms with Gasteiger partial charge in [0.2, 0.25) is 11.6 Å². The molecule has 0 fully saturated rings. The molecule has 5 nitrogen and oxygen atoms in total. The Hall–Kier alpha value is -2.69. The predicted molar refractivity (Wildman–Crippen MR) is 79.7 cm³/mol. The molecular weight excluding hydrogens is 284 g/mol. The number of aryl methyl sites for hydroxylation is 1. The highest BCUT2D eigenvalue weighted by Crippen LogP contribution is 2.38. The monoisotopic (exact) mass is 298 g/mol. The van der Waals surface area contributed by atoms with E-state index in [2.05, 4.69) is 4.74 Å². The predicted octanol–water partition coefficient (Wildman–Crippen LogP) is 2.11. The van der Waals surface area contributed by atoms with Gasteiger partial charge in [-0.25, -0.2) is 4.79 Å². The van der Waals surface area contributed by atoms with Crippen molar-refractivity contribution >= 4 is 29.7 Å². The molecule has 1 aromatic rings. The van der Waals surface area contributed by atoms with E-state index in [0.29, 0.717) is 29.0 Å². The summed E-state index contributed by atoms with van der Waals surface area (Å²) in [6.45, 7) is 4.12. The Morgan fingerprint density at radius 2 is 1.91 bits per heavy atom. The standard InChI is InChI=1S/C17H14O5/c1-8-4-10-5-9(2)13-11(16(10)22-7-8)6-12(17(20)21-3)14(18)15(13)19/h4-6H,7H2,1-3H3. The number of carbonyl (C=O) groups is 3. The van der Waals surface area contributed by atoms with Crippen LogP contribution >= 0.6 is 0 Å². The van der Waals surface area contributed by atoms with Gasteiger partial charge in [0.1, 0.15) is 17.9 Å². The first-order valence-electron chi connectivity index (χ1n) is 6.80. The Morgan fingerprint density at radius 1 is 1.18 bits per heavy atom. The van der Waals surface area contributed by atoms with E-state index >= 15 is 0 Å². The second-order valence-corrected chi connectivity index (χ2v) is 5.39. The van der Waals surface area contributed by atoms with E-state index in [4.69, 9.17) is 4.74 Å². The van der Waals surface area contributed by atoms with E-state index in [9.17, 15) is 14.4 Å². The van der Waals surface area contributed by atoms with Crippen molar-refractivity contribution in [3.8, 4) is 5.75 Å². The van der Waals surface area contributed by atoms with Gasteiger partial charge in [-0.2, -0.15) is 0 Å². The van der Waals surface area contributed by atoms with Crippen molar-refractivity contribution in [3.63, 3.8) is 0 Å². The quantitative estimate of drug-likeness (QED) is 0.451. The zero-order chi connectivity index (χ0) is 16.0. The van der Waals surface area contributed by atoms with Crippen LogP contribution < -0.4 is 4.74 Å². The van der Waals surface area contributed by atoms with Gasteiger partial charge < -0.3 is 9.47 Å². The first-order chi connectivity index (χ1) is 10.4. The van der Waals surface area contributed by atoms with Gasteiger partial charge in [0, 0.05) is 16.7 Å². The van der Waals surface area contributed by atoms with Gasteiger partial charge in [0.05, 0.1) is 7.11 Å². The summed E-state index contributed by atoms with van der Waals surface area (Å²) in [7, 11) is 1.17. The van der Waals surface area contributed by atoms with Crippen molar-refractivity contribution in [1.29, 1.82) is 0 Å². The van der Waals surface area contributed by atoms with Crippen molar-refractivity contribution in [2.75, 3.05) is 13.7 Å². The van der Waals surface area contributed by atoms with E-state index in [1.807, 2.05) is 19.1 Å². The average Bonchev–Trinajstić information content (AvgIpc) is 2.49. The number of rotatable bonds is 1. The second kappa shape index (κ2) is 4.94. The molecule has 1 aliphatic carbocycles. The minimum Gasteiger partial charge on any atom is -0.488 e. The molecule has 0 saturated carbocycles. The van der Waals surface area contributed by atoms with Crippen molar-refractivity contribution in [1.82, 2.24) is 0 Å². The molecule has 0 amide bonds. The van der Waals surface area contributed by atoms with Crippen LogP contribution in [-0.4, -0.2) is 31.3 Å². The summed E-state index contributed by atoms with van der Waals surface area (Å²) >= 11 is 0. The summed E-state index contributed by atoms with van der Waals surface area (Å²) < 4.78 is 10.3. The van der Waals surface area contributed by atoms with Crippen LogP contribution in [0.5, 0.6) is 5.75 Å². The summed E-state index contributed by atoms with van der Waals surface area (Å²) in [6.07, 6.45) is 3.36. The van der Waals surface area contributed by atoms with E-state index in [1.165, 1.54) is 13.2 Å². The Kier molecular flexibility index (Phi) is 3.20. The van der Waals surface area contributed by atoms with Crippen LogP contribution in [-0.2, 0) is 14.3 Å². The Bertz CT molecular complexity index is 796. The number of ether oxygens (including phenoxy) is 2. The van der Waals surface area contributed by atoms with Crippen molar-refractivity contribution in [3.05, 3.63) is 39.5 Å². The molecule has 5 heteroatoms. The van der Waals surface area contributed by atoms with Gasteiger partial charge in [-0.05, 0) is 43.2 Å². The van der Waals surface area contributed by atoms with E-state index in [0.717, 1.165) is 11.1 Å². The van der Waals surface area contributed by atoms with Crippen LogP contribution in [0.4, 0.5) is 0 Å². The first-order valence-corrected chi connectivity index (χ1v) is 6.80. The SMILES string of the molecule is COC(=O)C1=Cc2c3c(cc(C)c2C(=O)C1=O)C=C(C)CO3. The fraction of sp³-hybridized carbons (Fsp3) is 0.235. The van der Waals surface area contributed by atoms with Crippen LogP contribution in [0.3, 0.4) is 0 Å². The lowest BCUT2D eigenvalue weighted by atomic mass is 9.84. The lowest BCUT2D eigenvalue weighted by molar-refractivity contribution is -0.137. The molecule has 0 radical (unpaired) electrons. The number of esters is 1. The van der Waals surface area contributed by atoms with E-state index < -0.39 is 17.5 Å². The van der Waals surface area contributed by atoms with Gasteiger partial charge in [-0.3, -0.25) is 9.59 Å². The van der Waals surface area contributed by atoms with Gasteiger partial charge in [0.15, 0.2) is 0 Å². The average molecular weight is 298 g/mol. The topological polar surface area (TPSA) is 69.7 Å². The Labute approximate surface area is 127 Å². The van der Waals surface area contributed by atoms with Crippen LogP contribution in [0.1, 0.15) is 34.0 Å². The fourth-order valence-electron chi connectivity index (χ4n) is 2.76. The van der Waals surface area contributed by atoms with Gasteiger partial charge in [-0.15, -0.1) is 0 Å². The molecular formula is C17H14O5. The highest BCUT2D eigenvalue weighted by atomic mass is 16.5. The zero-order valence-corrected chi connectivity index (χ0v) is 12.5. The van der Waals surface area contributed by atoms with Crippen molar-refractivity contribution < 1.29 is 23.9 Å². The maximum absolute atomic E-state index is 12.3. The fourth-order valence-corrected chi connectivity index (χ4v) is 2.76. The number of ketones is 2. The van der Waals surface area contributed by atoms with Crippen LogP contribution in [0, 0.1) is 6.92 Å². The third-order valence-corrected chi connectivity index (χ3v) is 3.76. The number of hydrogen-bond acceptors (Lipinski definition) is 5. The van der Waals surface area contributed by atoms with E-state index in [-0.39, 0.29) is 5.57 Å². The van der Waals surface area contributed by atoms with Crippen molar-refractivity contribution in [2.45, 2.75) is 13.8 Å². The summed E-state index contributed by atoms with van der Waals surface area (Å²) in [5, 5.41) is 0. The molecule has 0 unspecified atom stereocenters. The van der Waals surface area contributed by atoms with Crippen LogP contribution in [0.25, 0.3) is 12.2 Å². The van der Waals surface area contributed by atoms with Crippen LogP contribution in [0.15, 0.2) is 17.2 Å². The molecule has 3 rings (SSSR count). The maximum Gasteiger partial charge on any atom is 0.342 e. The lowest BCUT2D eigenvalue weighted by Crippen LogP contribution is -2.28. The van der Waals surface area contributed by atoms with Gasteiger partial charge in [-0.1, -0.05) is 0 Å². The summed E-state index contributed by atoms with van der Waals surface area (Å²) in [4.78, 5) is 36.2. The molecule has 0 aromatic heterocycles. The molecule has 1 aromatic carbocycles. The normalized spacial score (nSPS) is 16.1. The largest absolute Gasteiger partial charge is 0.488 e. The number of methoxy groups -OCH3 is 1. The molecule has 1 heterocycles. The third-order valence-electron chi connectivity index (χ3n) is 3.76. The number of hydrogen-bond donors (Lipinski definition) is 0. The number of benzene rings is 1. The molecule has 0 N–H and O–H groups in total. The molecule has 22 heavy (non-hydrogen) atoms. The third kappa shape index (κ3) is 1.97. The highest BCUT2D eigenvalue weighted by molar-refractivity contribution is 6.56. The molecule has 112 valence electrons.